The molecule has 0 bridgehead atoms. The summed E-state index contributed by atoms with van der Waals surface area (Å²) in [6.07, 6.45) is 0.802. The van der Waals surface area contributed by atoms with E-state index in [0.717, 1.165) is 10.7 Å². The van der Waals surface area contributed by atoms with Crippen LogP contribution >= 0.6 is 0 Å². The predicted octanol–water partition coefficient (Wildman–Crippen LogP) is 0.752. The maximum Gasteiger partial charge on any atom is 0.309 e. The molecule has 1 saturated carbocycles. The largest absolute Gasteiger partial charge is 0.455 e. The number of carbonyl (C=O) groups is 2. The molecule has 2 atom stereocenters. The molecular weight excluding hydrogens is 332 g/mol. The molecule has 1 N–H and O–H groups in total. The lowest BCUT2D eigenvalue weighted by atomic mass is 10.2. The van der Waals surface area contributed by atoms with Gasteiger partial charge in [0.1, 0.15) is 0 Å². The maximum absolute atomic E-state index is 12.3. The van der Waals surface area contributed by atoms with E-state index < -0.39 is 15.9 Å². The quantitative estimate of drug-likeness (QED) is 0.730. The molecule has 0 radical (unpaired) electrons. The zero-order valence-electron chi connectivity index (χ0n) is 14.0. The minimum Gasteiger partial charge on any atom is -0.455 e. The number of hydrogen-bond donors (Lipinski definition) is 1. The molecule has 0 aliphatic heterocycles. The molecule has 2 rings (SSSR count). The Kier molecular flexibility index (Phi) is 5.61. The molecule has 1 aliphatic rings. The number of rotatable bonds is 7. The van der Waals surface area contributed by atoms with Crippen LogP contribution in [-0.4, -0.2) is 45.3 Å². The average molecular weight is 354 g/mol. The third kappa shape index (κ3) is 4.33. The van der Waals surface area contributed by atoms with Gasteiger partial charge in [-0.1, -0.05) is 25.1 Å². The number of esters is 1. The number of sulfonamides is 1. The van der Waals surface area contributed by atoms with E-state index in [1.807, 2.05) is 6.92 Å². The van der Waals surface area contributed by atoms with Crippen LogP contribution in [0.2, 0.25) is 0 Å². The molecule has 0 spiro atoms. The number of carbonyl (C=O) groups excluding carboxylic acids is 2. The normalized spacial score (nSPS) is 19.8. The van der Waals surface area contributed by atoms with Gasteiger partial charge in [-0.25, -0.2) is 12.7 Å². The van der Waals surface area contributed by atoms with E-state index in [0.29, 0.717) is 11.5 Å². The Hall–Kier alpha value is -1.93. The van der Waals surface area contributed by atoms with E-state index in [1.165, 1.54) is 20.2 Å². The van der Waals surface area contributed by atoms with Gasteiger partial charge in [0.15, 0.2) is 6.61 Å². The van der Waals surface area contributed by atoms with E-state index in [1.54, 1.807) is 18.2 Å². The van der Waals surface area contributed by atoms with Crippen LogP contribution in [0.25, 0.3) is 0 Å². The maximum atomic E-state index is 12.3. The fourth-order valence-corrected chi connectivity index (χ4v) is 3.35. The Morgan fingerprint density at radius 3 is 2.50 bits per heavy atom. The molecule has 0 unspecified atom stereocenters. The lowest BCUT2D eigenvalue weighted by Gasteiger charge is -2.15. The number of nitrogens with one attached hydrogen (secondary N) is 1. The molecule has 1 aliphatic carbocycles. The Morgan fingerprint density at radius 2 is 1.92 bits per heavy atom. The molecule has 7 nitrogen and oxygen atoms in total. The van der Waals surface area contributed by atoms with E-state index in [2.05, 4.69) is 5.32 Å². The van der Waals surface area contributed by atoms with Crippen molar-refractivity contribution < 1.29 is 22.7 Å². The molecule has 132 valence electrons. The van der Waals surface area contributed by atoms with Crippen molar-refractivity contribution in [1.82, 2.24) is 9.62 Å². The third-order valence-corrected chi connectivity index (χ3v) is 5.88. The van der Waals surface area contributed by atoms with Crippen LogP contribution in [0.5, 0.6) is 0 Å². The first-order valence-electron chi connectivity index (χ1n) is 7.67. The van der Waals surface area contributed by atoms with Gasteiger partial charge in [0.25, 0.3) is 5.91 Å². The summed E-state index contributed by atoms with van der Waals surface area (Å²) in [7, 11) is -0.699. The fourth-order valence-electron chi connectivity index (χ4n) is 2.24. The Labute approximate surface area is 142 Å². The summed E-state index contributed by atoms with van der Waals surface area (Å²) >= 11 is 0. The van der Waals surface area contributed by atoms with Crippen molar-refractivity contribution in [2.45, 2.75) is 24.8 Å². The fraction of sp³-hybridized carbons (Fsp3) is 0.500. The molecular formula is C16H22N2O5S. The highest BCUT2D eigenvalue weighted by Crippen LogP contribution is 2.38. The first-order chi connectivity index (χ1) is 11.2. The molecule has 0 saturated heterocycles. The lowest BCUT2D eigenvalue weighted by molar-refractivity contribution is -0.150. The Balaban J connectivity index is 1.92. The molecule has 1 fully saturated rings. The van der Waals surface area contributed by atoms with Gasteiger partial charge in [0.05, 0.1) is 10.8 Å². The average Bonchev–Trinajstić information content (AvgIpc) is 3.27. The van der Waals surface area contributed by atoms with Crippen molar-refractivity contribution in [3.05, 3.63) is 29.8 Å². The summed E-state index contributed by atoms with van der Waals surface area (Å²) < 4.78 is 30.6. The van der Waals surface area contributed by atoms with Gasteiger partial charge in [-0.05, 0) is 24.0 Å². The standard InChI is InChI=1S/C16H22N2O5S/c1-11-8-13(11)16(20)23-10-15(19)17-9-12-6-4-5-7-14(12)24(21,22)18(2)3/h4-7,11,13H,8-10H2,1-3H3,(H,17,19)/t11-,13+/m0/s1. The Morgan fingerprint density at radius 1 is 1.29 bits per heavy atom. The third-order valence-electron chi connectivity index (χ3n) is 3.96. The number of amides is 1. The second-order valence-electron chi connectivity index (χ2n) is 6.10. The molecule has 1 aromatic carbocycles. The van der Waals surface area contributed by atoms with Crippen LogP contribution in [0.1, 0.15) is 18.9 Å². The highest BCUT2D eigenvalue weighted by atomic mass is 32.2. The van der Waals surface area contributed by atoms with E-state index in [9.17, 15) is 18.0 Å². The molecule has 0 aromatic heterocycles. The van der Waals surface area contributed by atoms with Crippen molar-refractivity contribution in [2.75, 3.05) is 20.7 Å². The van der Waals surface area contributed by atoms with Crippen LogP contribution in [0, 0.1) is 11.8 Å². The monoisotopic (exact) mass is 354 g/mol. The molecule has 1 amide bonds. The van der Waals surface area contributed by atoms with Crippen molar-refractivity contribution in [3.8, 4) is 0 Å². The number of nitrogens with zero attached hydrogens (tertiary/aromatic N) is 1. The summed E-state index contributed by atoms with van der Waals surface area (Å²) in [5.41, 5.74) is 0.474. The molecule has 0 heterocycles. The summed E-state index contributed by atoms with van der Waals surface area (Å²) in [4.78, 5) is 23.5. The summed E-state index contributed by atoms with van der Waals surface area (Å²) in [5, 5.41) is 2.58. The van der Waals surface area contributed by atoms with E-state index in [4.69, 9.17) is 4.74 Å². The van der Waals surface area contributed by atoms with Crippen molar-refractivity contribution in [1.29, 1.82) is 0 Å². The molecule has 8 heteroatoms. The first-order valence-corrected chi connectivity index (χ1v) is 9.11. The smallest absolute Gasteiger partial charge is 0.309 e. The van der Waals surface area contributed by atoms with Crippen LogP contribution in [0.15, 0.2) is 29.2 Å². The van der Waals surface area contributed by atoms with Gasteiger partial charge in [0.2, 0.25) is 10.0 Å². The lowest BCUT2D eigenvalue weighted by Crippen LogP contribution is -2.30. The van der Waals surface area contributed by atoms with E-state index in [-0.39, 0.29) is 29.9 Å². The Bertz CT molecular complexity index is 730. The van der Waals surface area contributed by atoms with Crippen LogP contribution < -0.4 is 5.32 Å². The van der Waals surface area contributed by atoms with Gasteiger partial charge in [-0.15, -0.1) is 0 Å². The van der Waals surface area contributed by atoms with Crippen molar-refractivity contribution >= 4 is 21.9 Å². The van der Waals surface area contributed by atoms with Gasteiger partial charge < -0.3 is 10.1 Å². The second kappa shape index (κ2) is 7.31. The first kappa shape index (κ1) is 18.4. The summed E-state index contributed by atoms with van der Waals surface area (Å²) in [6, 6.07) is 6.45. The van der Waals surface area contributed by atoms with Crippen LogP contribution in [0.3, 0.4) is 0 Å². The highest BCUT2D eigenvalue weighted by Gasteiger charge is 2.40. The van der Waals surface area contributed by atoms with Gasteiger partial charge in [-0.3, -0.25) is 9.59 Å². The molecule has 1 aromatic rings. The SMILES string of the molecule is C[C@H]1C[C@H]1C(=O)OCC(=O)NCc1ccccc1S(=O)(=O)N(C)C. The van der Waals surface area contributed by atoms with Crippen molar-refractivity contribution in [3.63, 3.8) is 0 Å². The summed E-state index contributed by atoms with van der Waals surface area (Å²) in [5.74, 6) is -0.589. The second-order valence-corrected chi connectivity index (χ2v) is 8.22. The van der Waals surface area contributed by atoms with Gasteiger partial charge >= 0.3 is 5.97 Å². The minimum atomic E-state index is -3.59. The molecule has 24 heavy (non-hydrogen) atoms. The summed E-state index contributed by atoms with van der Waals surface area (Å²) in [6.45, 7) is 1.64. The van der Waals surface area contributed by atoms with E-state index >= 15 is 0 Å². The topological polar surface area (TPSA) is 92.8 Å². The zero-order valence-corrected chi connectivity index (χ0v) is 14.8. The minimum absolute atomic E-state index is 0.0411. The van der Waals surface area contributed by atoms with Crippen LogP contribution in [0.4, 0.5) is 0 Å². The highest BCUT2D eigenvalue weighted by molar-refractivity contribution is 7.89. The predicted molar refractivity (Wildman–Crippen MR) is 87.4 cm³/mol. The van der Waals surface area contributed by atoms with Crippen LogP contribution in [-0.2, 0) is 30.9 Å². The van der Waals surface area contributed by atoms with Gasteiger partial charge in [0, 0.05) is 20.6 Å². The van der Waals surface area contributed by atoms with Gasteiger partial charge in [-0.2, -0.15) is 0 Å². The van der Waals surface area contributed by atoms with Crippen molar-refractivity contribution in [2.24, 2.45) is 11.8 Å². The number of benzene rings is 1. The zero-order chi connectivity index (χ0) is 17.9. The number of ether oxygens (including phenoxy) is 1. The number of hydrogen-bond acceptors (Lipinski definition) is 5.